The highest BCUT2D eigenvalue weighted by Gasteiger charge is 2.11. The van der Waals surface area contributed by atoms with Crippen molar-refractivity contribution in [1.82, 2.24) is 9.55 Å². The van der Waals surface area contributed by atoms with E-state index in [4.69, 9.17) is 14.5 Å². The third-order valence-corrected chi connectivity index (χ3v) is 6.61. The second-order valence-corrected chi connectivity index (χ2v) is 9.00. The number of para-hydroxylation sites is 2. The van der Waals surface area contributed by atoms with Gasteiger partial charge in [0, 0.05) is 11.9 Å². The van der Waals surface area contributed by atoms with Crippen LogP contribution in [-0.4, -0.2) is 16.2 Å². The van der Waals surface area contributed by atoms with Crippen LogP contribution in [0, 0.1) is 0 Å². The smallest absolute Gasteiger partial charge is 0.147 e. The summed E-state index contributed by atoms with van der Waals surface area (Å²) in [4.78, 5) is 4.88. The molecule has 4 heteroatoms. The molecule has 0 atom stereocenters. The normalized spacial score (nSPS) is 11.3. The number of aromatic nitrogens is 2. The maximum atomic E-state index is 6.19. The van der Waals surface area contributed by atoms with Crippen molar-refractivity contribution < 1.29 is 9.47 Å². The number of rotatable bonds is 9. The van der Waals surface area contributed by atoms with Crippen LogP contribution in [0.5, 0.6) is 11.5 Å². The van der Waals surface area contributed by atoms with Gasteiger partial charge in [-0.25, -0.2) is 4.98 Å². The van der Waals surface area contributed by atoms with E-state index in [1.165, 1.54) is 16.2 Å². The summed E-state index contributed by atoms with van der Waals surface area (Å²) in [5, 5.41) is 4.75. The Bertz CT molecular complexity index is 1630. The average Bonchev–Trinajstić information content (AvgIpc) is 3.29. The lowest BCUT2D eigenvalue weighted by Gasteiger charge is -2.12. The van der Waals surface area contributed by atoms with Crippen LogP contribution in [0.1, 0.15) is 18.7 Å². The van der Waals surface area contributed by atoms with Crippen LogP contribution in [0.4, 0.5) is 0 Å². The zero-order valence-electron chi connectivity index (χ0n) is 20.1. The summed E-state index contributed by atoms with van der Waals surface area (Å²) in [5.41, 5.74) is 2.14. The van der Waals surface area contributed by atoms with Crippen molar-refractivity contribution in [2.45, 2.75) is 26.0 Å². The van der Waals surface area contributed by atoms with Gasteiger partial charge in [-0.1, -0.05) is 78.9 Å². The van der Waals surface area contributed by atoms with E-state index in [9.17, 15) is 0 Å². The molecule has 0 saturated carbocycles. The van der Waals surface area contributed by atoms with Gasteiger partial charge in [0.15, 0.2) is 0 Å². The van der Waals surface area contributed by atoms with Crippen LogP contribution in [0.3, 0.4) is 0 Å². The Hall–Kier alpha value is -4.31. The van der Waals surface area contributed by atoms with Gasteiger partial charge in [-0.05, 0) is 59.3 Å². The topological polar surface area (TPSA) is 36.3 Å². The van der Waals surface area contributed by atoms with Crippen molar-refractivity contribution >= 4 is 32.6 Å². The lowest BCUT2D eigenvalue weighted by Crippen LogP contribution is -2.09. The van der Waals surface area contributed by atoms with E-state index in [0.29, 0.717) is 13.2 Å². The molecule has 0 radical (unpaired) electrons. The van der Waals surface area contributed by atoms with Gasteiger partial charge in [0.05, 0.1) is 17.6 Å². The summed E-state index contributed by atoms with van der Waals surface area (Å²) < 4.78 is 14.6. The maximum absolute atomic E-state index is 6.19. The fourth-order valence-electron chi connectivity index (χ4n) is 4.77. The number of nitrogens with zero attached hydrogens (tertiary/aromatic N) is 2. The molecule has 0 fully saturated rings. The highest BCUT2D eigenvalue weighted by molar-refractivity contribution is 5.88. The minimum absolute atomic E-state index is 0.430. The fourth-order valence-corrected chi connectivity index (χ4v) is 4.77. The Morgan fingerprint density at radius 2 is 1.42 bits per heavy atom. The monoisotopic (exact) mass is 472 g/mol. The van der Waals surface area contributed by atoms with Gasteiger partial charge in [-0.3, -0.25) is 0 Å². The summed E-state index contributed by atoms with van der Waals surface area (Å²) in [7, 11) is 0. The number of ether oxygens (including phenoxy) is 2. The zero-order chi connectivity index (χ0) is 24.2. The van der Waals surface area contributed by atoms with E-state index >= 15 is 0 Å². The van der Waals surface area contributed by atoms with E-state index in [0.717, 1.165) is 53.1 Å². The third-order valence-electron chi connectivity index (χ3n) is 6.61. The van der Waals surface area contributed by atoms with Gasteiger partial charge in [-0.15, -0.1) is 0 Å². The average molecular weight is 473 g/mol. The third kappa shape index (κ3) is 4.63. The number of hydrogen-bond donors (Lipinski definition) is 0. The van der Waals surface area contributed by atoms with Crippen molar-refractivity contribution in [3.8, 4) is 11.5 Å². The van der Waals surface area contributed by atoms with Crippen LogP contribution in [0.25, 0.3) is 32.6 Å². The number of benzene rings is 5. The highest BCUT2D eigenvalue weighted by Crippen LogP contribution is 2.26. The second kappa shape index (κ2) is 10.1. The van der Waals surface area contributed by atoms with Gasteiger partial charge >= 0.3 is 0 Å². The van der Waals surface area contributed by atoms with Crippen LogP contribution < -0.4 is 9.47 Å². The first-order valence-corrected chi connectivity index (χ1v) is 12.5. The Kier molecular flexibility index (Phi) is 6.24. The fraction of sp³-hybridized carbons (Fsp3) is 0.156. The standard InChI is InChI=1S/C32H28N2O2/c1-2-12-26-22-27(19-18-24(26)10-1)36-23-32-33-29-15-5-6-16-30(29)34(32)20-7-8-21-35-31-17-9-13-25-11-3-4-14-28(25)31/h1-6,9-19,22H,7-8,20-21,23H2. The highest BCUT2D eigenvalue weighted by atomic mass is 16.5. The quantitative estimate of drug-likeness (QED) is 0.202. The summed E-state index contributed by atoms with van der Waals surface area (Å²) in [6.07, 6.45) is 1.95. The molecule has 1 heterocycles. The largest absolute Gasteiger partial charge is 0.493 e. The SMILES string of the molecule is c1ccc2cc(OCc3nc4ccccc4n3CCCCOc3cccc4ccccc34)ccc2c1. The van der Waals surface area contributed by atoms with Crippen molar-refractivity contribution in [2.24, 2.45) is 0 Å². The molecule has 4 nitrogen and oxygen atoms in total. The number of aryl methyl sites for hydroxylation is 1. The number of hydrogen-bond acceptors (Lipinski definition) is 3. The van der Waals surface area contributed by atoms with E-state index in [-0.39, 0.29) is 0 Å². The van der Waals surface area contributed by atoms with E-state index in [1.54, 1.807) is 0 Å². The Labute approximate surface area is 210 Å². The first kappa shape index (κ1) is 22.2. The molecular weight excluding hydrogens is 444 g/mol. The Morgan fingerprint density at radius 1 is 0.639 bits per heavy atom. The molecule has 0 amide bonds. The lowest BCUT2D eigenvalue weighted by molar-refractivity contribution is 0.286. The van der Waals surface area contributed by atoms with E-state index in [2.05, 4.69) is 95.6 Å². The summed E-state index contributed by atoms with van der Waals surface area (Å²) in [5.74, 6) is 2.75. The molecule has 0 unspecified atom stereocenters. The molecule has 0 spiro atoms. The van der Waals surface area contributed by atoms with Gasteiger partial charge < -0.3 is 14.0 Å². The lowest BCUT2D eigenvalue weighted by atomic mass is 10.1. The predicted molar refractivity (Wildman–Crippen MR) is 147 cm³/mol. The van der Waals surface area contributed by atoms with Crippen LogP contribution in [0.15, 0.2) is 109 Å². The first-order valence-electron chi connectivity index (χ1n) is 12.5. The minimum Gasteiger partial charge on any atom is -0.493 e. The van der Waals surface area contributed by atoms with Gasteiger partial charge in [0.25, 0.3) is 0 Å². The van der Waals surface area contributed by atoms with Gasteiger partial charge in [0.1, 0.15) is 23.9 Å². The molecule has 0 bridgehead atoms. The minimum atomic E-state index is 0.430. The molecule has 36 heavy (non-hydrogen) atoms. The van der Waals surface area contributed by atoms with Gasteiger partial charge in [-0.2, -0.15) is 0 Å². The Morgan fingerprint density at radius 3 is 2.36 bits per heavy atom. The van der Waals surface area contributed by atoms with Crippen molar-refractivity contribution in [3.63, 3.8) is 0 Å². The van der Waals surface area contributed by atoms with Crippen molar-refractivity contribution in [1.29, 1.82) is 0 Å². The molecule has 0 N–H and O–H groups in total. The summed E-state index contributed by atoms with van der Waals surface area (Å²) in [6.45, 7) is 1.99. The number of unbranched alkanes of at least 4 members (excludes halogenated alkanes) is 1. The molecule has 178 valence electrons. The molecule has 0 saturated heterocycles. The first-order chi connectivity index (χ1) is 17.8. The molecule has 1 aromatic heterocycles. The van der Waals surface area contributed by atoms with Crippen LogP contribution in [0.2, 0.25) is 0 Å². The van der Waals surface area contributed by atoms with Crippen LogP contribution >= 0.6 is 0 Å². The summed E-state index contributed by atoms with van der Waals surface area (Å²) in [6, 6.07) is 37.4. The van der Waals surface area contributed by atoms with E-state index in [1.807, 2.05) is 18.2 Å². The van der Waals surface area contributed by atoms with E-state index < -0.39 is 0 Å². The number of fused-ring (bicyclic) bond motifs is 3. The molecule has 0 aliphatic heterocycles. The van der Waals surface area contributed by atoms with Crippen molar-refractivity contribution in [2.75, 3.05) is 6.61 Å². The summed E-state index contributed by atoms with van der Waals surface area (Å²) >= 11 is 0. The molecule has 0 aliphatic carbocycles. The molecule has 6 rings (SSSR count). The Balaban J connectivity index is 1.12. The molecule has 5 aromatic carbocycles. The van der Waals surface area contributed by atoms with Crippen molar-refractivity contribution in [3.05, 3.63) is 115 Å². The van der Waals surface area contributed by atoms with Crippen LogP contribution in [-0.2, 0) is 13.2 Å². The molecule has 0 aliphatic rings. The predicted octanol–water partition coefficient (Wildman–Crippen LogP) is 7.78. The van der Waals surface area contributed by atoms with Gasteiger partial charge in [0.2, 0.25) is 0 Å². The maximum Gasteiger partial charge on any atom is 0.147 e. The second-order valence-electron chi connectivity index (χ2n) is 9.00. The molecular formula is C32H28N2O2. The molecule has 6 aromatic rings. The number of imidazole rings is 1. The zero-order valence-corrected chi connectivity index (χ0v) is 20.1.